The second-order valence-electron chi connectivity index (χ2n) is 4.73. The van der Waals surface area contributed by atoms with Crippen molar-refractivity contribution < 1.29 is 18.3 Å². The van der Waals surface area contributed by atoms with Crippen LogP contribution in [0.25, 0.3) is 0 Å². The molecule has 110 valence electrons. The first-order valence-corrected chi connectivity index (χ1v) is 8.08. The van der Waals surface area contributed by atoms with E-state index in [1.165, 1.54) is 4.68 Å². The fraction of sp³-hybridized carbons (Fsp3) is 0.462. The molecule has 1 aliphatic rings. The van der Waals surface area contributed by atoms with Crippen molar-refractivity contribution in [2.24, 2.45) is 0 Å². The van der Waals surface area contributed by atoms with Crippen LogP contribution in [0.4, 0.5) is 0 Å². The van der Waals surface area contributed by atoms with Crippen LogP contribution < -0.4 is 4.83 Å². The van der Waals surface area contributed by atoms with E-state index in [0.29, 0.717) is 25.7 Å². The predicted octanol–water partition coefficient (Wildman–Crippen LogP) is 1.84. The summed E-state index contributed by atoms with van der Waals surface area (Å²) < 4.78 is 26.2. The minimum Gasteiger partial charge on any atom is -0.478 e. The van der Waals surface area contributed by atoms with E-state index in [1.54, 1.807) is 12.3 Å². The van der Waals surface area contributed by atoms with Crippen molar-refractivity contribution in [1.82, 2.24) is 4.68 Å². The molecule has 0 amide bonds. The maximum absolute atomic E-state index is 12.4. The smallest absolute Gasteiger partial charge is 0.332 e. The van der Waals surface area contributed by atoms with Gasteiger partial charge >= 0.3 is 5.97 Å². The van der Waals surface area contributed by atoms with Crippen molar-refractivity contribution in [3.63, 3.8) is 0 Å². The van der Waals surface area contributed by atoms with Crippen LogP contribution in [-0.4, -0.2) is 24.2 Å². The van der Waals surface area contributed by atoms with Crippen LogP contribution in [0, 0.1) is 0 Å². The minimum atomic E-state index is -3.82. The van der Waals surface area contributed by atoms with E-state index in [9.17, 15) is 13.2 Å². The van der Waals surface area contributed by atoms with Gasteiger partial charge in [0.2, 0.25) is 0 Å². The highest BCUT2D eigenvalue weighted by Crippen LogP contribution is 2.28. The van der Waals surface area contributed by atoms with E-state index < -0.39 is 16.0 Å². The molecule has 2 N–H and O–H groups in total. The number of sulfonamides is 1. The van der Waals surface area contributed by atoms with E-state index in [-0.39, 0.29) is 16.9 Å². The predicted molar refractivity (Wildman–Crippen MR) is 75.2 cm³/mol. The van der Waals surface area contributed by atoms with Crippen molar-refractivity contribution in [2.45, 2.75) is 39.0 Å². The summed E-state index contributed by atoms with van der Waals surface area (Å²) in [6.07, 6.45) is 4.28. The number of aromatic nitrogens is 1. The van der Waals surface area contributed by atoms with Gasteiger partial charge in [-0.25, -0.2) is 18.0 Å². The summed E-state index contributed by atoms with van der Waals surface area (Å²) in [5.41, 5.74) is 0.829. The lowest BCUT2D eigenvalue weighted by molar-refractivity contribution is -0.132. The zero-order chi connectivity index (χ0) is 14.8. The van der Waals surface area contributed by atoms with Crippen LogP contribution in [0.5, 0.6) is 0 Å². The molecule has 1 aromatic rings. The summed E-state index contributed by atoms with van der Waals surface area (Å²) in [5.74, 6) is -1.15. The average Bonchev–Trinajstić information content (AvgIpc) is 2.85. The number of nitrogens with one attached hydrogen (secondary N) is 1. The summed E-state index contributed by atoms with van der Waals surface area (Å²) in [4.78, 5) is 13.6. The highest BCUT2D eigenvalue weighted by atomic mass is 32.2. The minimum absolute atomic E-state index is 0.00648. The molecule has 0 aromatic carbocycles. The van der Waals surface area contributed by atoms with Crippen molar-refractivity contribution in [1.29, 1.82) is 0 Å². The molecule has 0 atom stereocenters. The molecule has 1 aromatic heterocycles. The Hall–Kier alpha value is -1.76. The number of carboxylic acids is 1. The summed E-state index contributed by atoms with van der Waals surface area (Å²) in [5, 5.41) is 9.14. The molecule has 0 bridgehead atoms. The third kappa shape index (κ3) is 2.87. The molecule has 0 spiro atoms. The van der Waals surface area contributed by atoms with E-state index in [0.717, 1.165) is 5.69 Å². The van der Waals surface area contributed by atoms with E-state index >= 15 is 0 Å². The Labute approximate surface area is 118 Å². The molecule has 0 radical (unpaired) electrons. The number of carbonyl (C=O) groups is 1. The number of aliphatic carboxylic acids is 1. The van der Waals surface area contributed by atoms with Crippen molar-refractivity contribution in [3.05, 3.63) is 34.5 Å². The van der Waals surface area contributed by atoms with Crippen molar-refractivity contribution in [3.8, 4) is 0 Å². The first-order valence-electron chi connectivity index (χ1n) is 6.60. The summed E-state index contributed by atoms with van der Waals surface area (Å²) in [6, 6.07) is 3.56. The number of aryl methyl sites for hydroxylation is 1. The maximum Gasteiger partial charge on any atom is 0.332 e. The molecule has 0 aliphatic heterocycles. The van der Waals surface area contributed by atoms with Gasteiger partial charge in [0.25, 0.3) is 10.0 Å². The van der Waals surface area contributed by atoms with Gasteiger partial charge in [-0.15, -0.1) is 0 Å². The third-order valence-corrected chi connectivity index (χ3v) is 4.95. The number of hydrogen-bond donors (Lipinski definition) is 2. The Morgan fingerprint density at radius 3 is 2.75 bits per heavy atom. The van der Waals surface area contributed by atoms with E-state index in [1.807, 2.05) is 13.0 Å². The molecule has 0 saturated carbocycles. The summed E-state index contributed by atoms with van der Waals surface area (Å²) >= 11 is 0. The Morgan fingerprint density at radius 2 is 2.10 bits per heavy atom. The van der Waals surface area contributed by atoms with Gasteiger partial charge in [-0.3, -0.25) is 4.68 Å². The van der Waals surface area contributed by atoms with Gasteiger partial charge in [0.05, 0.1) is 10.5 Å². The number of nitrogens with zero attached hydrogens (tertiary/aromatic N) is 1. The number of carboxylic acid groups (broad SMARTS) is 1. The van der Waals surface area contributed by atoms with Crippen LogP contribution in [0.1, 0.15) is 38.3 Å². The summed E-state index contributed by atoms with van der Waals surface area (Å²) in [6.45, 7) is 1.92. The van der Waals surface area contributed by atoms with Crippen LogP contribution in [0.2, 0.25) is 0 Å². The standard InChI is InChI=1S/C13H18N2O4S/c1-2-10-6-5-9-15(10)14-20(18,19)12-8-4-3-7-11(12)13(16)17/h5-6,9,14H,2-4,7-8H2,1H3,(H,16,17). The zero-order valence-corrected chi connectivity index (χ0v) is 12.1. The second-order valence-corrected chi connectivity index (χ2v) is 6.41. The highest BCUT2D eigenvalue weighted by molar-refractivity contribution is 7.96. The van der Waals surface area contributed by atoms with Crippen LogP contribution in [0.3, 0.4) is 0 Å². The molecule has 1 aliphatic carbocycles. The van der Waals surface area contributed by atoms with Crippen LogP contribution >= 0.6 is 0 Å². The Balaban J connectivity index is 2.37. The van der Waals surface area contributed by atoms with Gasteiger partial charge < -0.3 is 5.11 Å². The highest BCUT2D eigenvalue weighted by Gasteiger charge is 2.28. The zero-order valence-electron chi connectivity index (χ0n) is 11.3. The Kier molecular flexibility index (Phi) is 4.17. The molecule has 20 heavy (non-hydrogen) atoms. The van der Waals surface area contributed by atoms with Gasteiger partial charge in [0, 0.05) is 11.9 Å². The summed E-state index contributed by atoms with van der Waals surface area (Å²) in [7, 11) is -3.82. The van der Waals surface area contributed by atoms with E-state index in [4.69, 9.17) is 5.11 Å². The maximum atomic E-state index is 12.4. The molecule has 0 saturated heterocycles. The molecular weight excluding hydrogens is 280 g/mol. The third-order valence-electron chi connectivity index (χ3n) is 3.41. The van der Waals surface area contributed by atoms with Crippen LogP contribution in [0.15, 0.2) is 28.8 Å². The average molecular weight is 298 g/mol. The SMILES string of the molecule is CCc1cccn1NS(=O)(=O)C1=C(C(=O)O)CCCC1. The number of allylic oxidation sites excluding steroid dienone is 1. The van der Waals surface area contributed by atoms with Gasteiger partial charge in [0.15, 0.2) is 0 Å². The first-order chi connectivity index (χ1) is 9.45. The molecule has 7 heteroatoms. The fourth-order valence-electron chi connectivity index (χ4n) is 2.38. The molecule has 0 fully saturated rings. The van der Waals surface area contributed by atoms with Gasteiger partial charge in [-0.1, -0.05) is 6.92 Å². The van der Waals surface area contributed by atoms with Gasteiger partial charge in [-0.2, -0.15) is 0 Å². The Morgan fingerprint density at radius 1 is 1.40 bits per heavy atom. The lowest BCUT2D eigenvalue weighted by Gasteiger charge is -2.19. The molecule has 1 heterocycles. The van der Waals surface area contributed by atoms with Gasteiger partial charge in [-0.05, 0) is 44.2 Å². The fourth-order valence-corrected chi connectivity index (χ4v) is 3.85. The first kappa shape index (κ1) is 14.6. The quantitative estimate of drug-likeness (QED) is 0.868. The molecule has 6 nitrogen and oxygen atoms in total. The lowest BCUT2D eigenvalue weighted by Crippen LogP contribution is -2.28. The molecular formula is C13H18N2O4S. The lowest BCUT2D eigenvalue weighted by atomic mass is 9.99. The molecule has 2 rings (SSSR count). The monoisotopic (exact) mass is 298 g/mol. The second kappa shape index (κ2) is 5.70. The number of rotatable bonds is 5. The van der Waals surface area contributed by atoms with Crippen LogP contribution in [-0.2, 0) is 21.2 Å². The van der Waals surface area contributed by atoms with Crippen molar-refractivity contribution >= 4 is 16.0 Å². The van der Waals surface area contributed by atoms with E-state index in [2.05, 4.69) is 4.83 Å². The molecule has 0 unspecified atom stereocenters. The number of hydrogen-bond acceptors (Lipinski definition) is 3. The largest absolute Gasteiger partial charge is 0.478 e. The Bertz CT molecular complexity index is 643. The van der Waals surface area contributed by atoms with Gasteiger partial charge in [0.1, 0.15) is 0 Å². The normalized spacial score (nSPS) is 16.2. The van der Waals surface area contributed by atoms with Crippen molar-refractivity contribution in [2.75, 3.05) is 4.83 Å². The topological polar surface area (TPSA) is 88.4 Å².